The van der Waals surface area contributed by atoms with Crippen molar-refractivity contribution in [1.29, 1.82) is 5.26 Å². The largest absolute Gasteiger partial charge is 0.303 e. The number of aryl methyl sites for hydroxylation is 2. The van der Waals surface area contributed by atoms with Crippen LogP contribution in [0.5, 0.6) is 0 Å². The summed E-state index contributed by atoms with van der Waals surface area (Å²) < 4.78 is 1.97. The van der Waals surface area contributed by atoms with E-state index in [0.29, 0.717) is 0 Å². The number of nitrogens with zero attached hydrogens (tertiary/aromatic N) is 3. The molecule has 0 fully saturated rings. The Kier molecular flexibility index (Phi) is 3.87. The van der Waals surface area contributed by atoms with Crippen molar-refractivity contribution in [3.8, 4) is 6.07 Å². The van der Waals surface area contributed by atoms with Crippen molar-refractivity contribution in [2.45, 2.75) is 38.8 Å². The fourth-order valence-corrected chi connectivity index (χ4v) is 1.45. The molecule has 4 heteroatoms. The summed E-state index contributed by atoms with van der Waals surface area (Å²) in [6.07, 6.45) is 3.59. The lowest BCUT2D eigenvalue weighted by molar-refractivity contribution is 0.413. The molecule has 1 aromatic rings. The van der Waals surface area contributed by atoms with Crippen LogP contribution in [0.25, 0.3) is 0 Å². The summed E-state index contributed by atoms with van der Waals surface area (Å²) in [5.74, 6) is 0. The molecule has 0 aromatic carbocycles. The first-order valence-corrected chi connectivity index (χ1v) is 5.20. The minimum absolute atomic E-state index is 0.416. The van der Waals surface area contributed by atoms with Gasteiger partial charge in [0.15, 0.2) is 0 Å². The highest BCUT2D eigenvalue weighted by molar-refractivity contribution is 5.02. The lowest BCUT2D eigenvalue weighted by Gasteiger charge is -2.20. The zero-order chi connectivity index (χ0) is 11.3. The topological polar surface area (TPSA) is 53.6 Å². The third-order valence-electron chi connectivity index (χ3n) is 2.77. The molecule has 82 valence electrons. The molecule has 0 saturated carbocycles. The Balaban J connectivity index is 2.40. The number of hydrogen-bond acceptors (Lipinski definition) is 3. The van der Waals surface area contributed by atoms with Crippen LogP contribution in [0.2, 0.25) is 0 Å². The fraction of sp³-hybridized carbons (Fsp3) is 0.636. The van der Waals surface area contributed by atoms with Gasteiger partial charge >= 0.3 is 0 Å². The Morgan fingerprint density at radius 2 is 2.40 bits per heavy atom. The van der Waals surface area contributed by atoms with Gasteiger partial charge in [-0.25, -0.2) is 0 Å². The molecule has 1 atom stereocenters. The number of aromatic nitrogens is 2. The molecule has 1 aromatic heterocycles. The Bertz CT molecular complexity index is 350. The first-order valence-electron chi connectivity index (χ1n) is 5.20. The monoisotopic (exact) mass is 206 g/mol. The SMILES string of the molecule is CNC(C)(C#N)CCCn1nccc1C. The lowest BCUT2D eigenvalue weighted by Crippen LogP contribution is -2.38. The van der Waals surface area contributed by atoms with Gasteiger partial charge in [-0.2, -0.15) is 10.4 Å². The average Bonchev–Trinajstić information content (AvgIpc) is 2.64. The van der Waals surface area contributed by atoms with Gasteiger partial charge in [0.2, 0.25) is 0 Å². The van der Waals surface area contributed by atoms with Gasteiger partial charge < -0.3 is 5.32 Å². The van der Waals surface area contributed by atoms with E-state index in [1.807, 2.05) is 31.6 Å². The highest BCUT2D eigenvalue weighted by Gasteiger charge is 2.20. The lowest BCUT2D eigenvalue weighted by atomic mass is 9.98. The Labute approximate surface area is 90.9 Å². The zero-order valence-electron chi connectivity index (χ0n) is 9.62. The van der Waals surface area contributed by atoms with Crippen molar-refractivity contribution in [3.05, 3.63) is 18.0 Å². The first kappa shape index (κ1) is 11.7. The van der Waals surface area contributed by atoms with E-state index >= 15 is 0 Å². The fourth-order valence-electron chi connectivity index (χ4n) is 1.45. The van der Waals surface area contributed by atoms with E-state index in [-0.39, 0.29) is 0 Å². The molecule has 0 spiro atoms. The van der Waals surface area contributed by atoms with Gasteiger partial charge in [0.05, 0.1) is 6.07 Å². The van der Waals surface area contributed by atoms with Crippen LogP contribution >= 0.6 is 0 Å². The molecular formula is C11H18N4. The molecule has 0 bridgehead atoms. The number of nitriles is 1. The van der Waals surface area contributed by atoms with E-state index in [1.54, 1.807) is 6.20 Å². The maximum atomic E-state index is 8.96. The quantitative estimate of drug-likeness (QED) is 0.793. The molecule has 0 aliphatic heterocycles. The minimum Gasteiger partial charge on any atom is -0.303 e. The maximum Gasteiger partial charge on any atom is 0.103 e. The summed E-state index contributed by atoms with van der Waals surface area (Å²) >= 11 is 0. The Morgan fingerprint density at radius 3 is 2.87 bits per heavy atom. The molecular weight excluding hydrogens is 188 g/mol. The predicted molar refractivity (Wildman–Crippen MR) is 59.3 cm³/mol. The zero-order valence-corrected chi connectivity index (χ0v) is 9.62. The van der Waals surface area contributed by atoms with Gasteiger partial charge in [-0.1, -0.05) is 0 Å². The van der Waals surface area contributed by atoms with Crippen LogP contribution in [0.1, 0.15) is 25.5 Å². The van der Waals surface area contributed by atoms with E-state index in [4.69, 9.17) is 5.26 Å². The highest BCUT2D eigenvalue weighted by Crippen LogP contribution is 2.11. The van der Waals surface area contributed by atoms with Gasteiger partial charge in [-0.3, -0.25) is 4.68 Å². The van der Waals surface area contributed by atoms with Crippen molar-refractivity contribution >= 4 is 0 Å². The summed E-state index contributed by atoms with van der Waals surface area (Å²) in [5.41, 5.74) is 0.749. The van der Waals surface area contributed by atoms with E-state index < -0.39 is 5.54 Å². The smallest absolute Gasteiger partial charge is 0.103 e. The van der Waals surface area contributed by atoms with Crippen LogP contribution in [-0.4, -0.2) is 22.4 Å². The predicted octanol–water partition coefficient (Wildman–Crippen LogP) is 1.47. The summed E-state index contributed by atoms with van der Waals surface area (Å²) in [5, 5.41) is 16.2. The molecule has 0 amide bonds. The van der Waals surface area contributed by atoms with Crippen LogP contribution in [0.15, 0.2) is 12.3 Å². The Morgan fingerprint density at radius 1 is 1.67 bits per heavy atom. The number of hydrogen-bond donors (Lipinski definition) is 1. The van der Waals surface area contributed by atoms with E-state index in [9.17, 15) is 0 Å². The number of nitrogens with one attached hydrogen (secondary N) is 1. The van der Waals surface area contributed by atoms with E-state index in [2.05, 4.69) is 16.5 Å². The average molecular weight is 206 g/mol. The minimum atomic E-state index is -0.416. The highest BCUT2D eigenvalue weighted by atomic mass is 15.3. The van der Waals surface area contributed by atoms with Crippen molar-refractivity contribution in [2.75, 3.05) is 7.05 Å². The number of rotatable bonds is 5. The summed E-state index contributed by atoms with van der Waals surface area (Å²) in [4.78, 5) is 0. The van der Waals surface area contributed by atoms with Crippen LogP contribution in [0.3, 0.4) is 0 Å². The molecule has 1 N–H and O–H groups in total. The molecule has 15 heavy (non-hydrogen) atoms. The third kappa shape index (κ3) is 3.07. The van der Waals surface area contributed by atoms with Gasteiger partial charge in [0, 0.05) is 18.4 Å². The molecule has 1 unspecified atom stereocenters. The molecule has 0 aliphatic carbocycles. The molecule has 4 nitrogen and oxygen atoms in total. The van der Waals surface area contributed by atoms with E-state index in [1.165, 1.54) is 0 Å². The normalized spacial score (nSPS) is 14.5. The van der Waals surface area contributed by atoms with Crippen LogP contribution < -0.4 is 5.32 Å². The van der Waals surface area contributed by atoms with Crippen LogP contribution in [0, 0.1) is 18.3 Å². The second-order valence-corrected chi connectivity index (χ2v) is 3.99. The summed E-state index contributed by atoms with van der Waals surface area (Å²) in [7, 11) is 1.82. The second-order valence-electron chi connectivity index (χ2n) is 3.99. The van der Waals surface area contributed by atoms with Gasteiger partial charge in [0.25, 0.3) is 0 Å². The van der Waals surface area contributed by atoms with Gasteiger partial charge in [0.1, 0.15) is 5.54 Å². The van der Waals surface area contributed by atoms with Gasteiger partial charge in [-0.05, 0) is 39.8 Å². The molecule has 1 heterocycles. The molecule has 0 radical (unpaired) electrons. The summed E-state index contributed by atoms with van der Waals surface area (Å²) in [6, 6.07) is 4.27. The first-order chi connectivity index (χ1) is 7.11. The second kappa shape index (κ2) is 4.94. The van der Waals surface area contributed by atoms with E-state index in [0.717, 1.165) is 25.1 Å². The van der Waals surface area contributed by atoms with Crippen molar-refractivity contribution in [1.82, 2.24) is 15.1 Å². The van der Waals surface area contributed by atoms with Gasteiger partial charge in [-0.15, -0.1) is 0 Å². The van der Waals surface area contributed by atoms with Crippen molar-refractivity contribution < 1.29 is 0 Å². The standard InChI is InChI=1S/C11H18N4/c1-10-5-7-14-15(10)8-4-6-11(2,9-12)13-3/h5,7,13H,4,6,8H2,1-3H3. The van der Waals surface area contributed by atoms with Crippen molar-refractivity contribution in [2.24, 2.45) is 0 Å². The molecule has 1 rings (SSSR count). The Hall–Kier alpha value is -1.34. The third-order valence-corrected chi connectivity index (χ3v) is 2.77. The van der Waals surface area contributed by atoms with Crippen LogP contribution in [-0.2, 0) is 6.54 Å². The molecule has 0 saturated heterocycles. The molecule has 0 aliphatic rings. The van der Waals surface area contributed by atoms with Crippen molar-refractivity contribution in [3.63, 3.8) is 0 Å². The van der Waals surface area contributed by atoms with Crippen LogP contribution in [0.4, 0.5) is 0 Å². The summed E-state index contributed by atoms with van der Waals surface area (Å²) in [6.45, 7) is 4.83. The maximum absolute atomic E-state index is 8.96.